The van der Waals surface area contributed by atoms with Gasteiger partial charge < -0.3 is 10.1 Å². The molecular formula is C19H19ClF3N5O3. The molecule has 1 aromatic carbocycles. The van der Waals surface area contributed by atoms with Gasteiger partial charge in [-0.3, -0.25) is 15.8 Å². The first-order valence-electron chi connectivity index (χ1n) is 8.84. The van der Waals surface area contributed by atoms with Crippen molar-refractivity contribution in [3.63, 3.8) is 0 Å². The third-order valence-corrected chi connectivity index (χ3v) is 3.86. The molecule has 0 fully saturated rings. The van der Waals surface area contributed by atoms with Crippen LogP contribution in [-0.2, 0) is 15.7 Å². The number of nitrogens with one attached hydrogen (secondary N) is 3. The van der Waals surface area contributed by atoms with E-state index < -0.39 is 23.7 Å². The highest BCUT2D eigenvalue weighted by molar-refractivity contribution is 6.33. The molecular weight excluding hydrogens is 439 g/mol. The van der Waals surface area contributed by atoms with E-state index in [1.165, 1.54) is 7.05 Å². The summed E-state index contributed by atoms with van der Waals surface area (Å²) >= 11 is 5.93. The lowest BCUT2D eigenvalue weighted by Crippen LogP contribution is -2.43. The first-order valence-corrected chi connectivity index (χ1v) is 9.22. The number of carbonyl (C=O) groups is 2. The number of urea groups is 1. The molecule has 12 heteroatoms. The van der Waals surface area contributed by atoms with E-state index in [0.717, 1.165) is 11.1 Å². The second-order valence-corrected chi connectivity index (χ2v) is 6.36. The number of benzene rings is 1. The van der Waals surface area contributed by atoms with Crippen molar-refractivity contribution in [3.8, 4) is 0 Å². The van der Waals surface area contributed by atoms with Gasteiger partial charge in [-0.1, -0.05) is 29.8 Å². The van der Waals surface area contributed by atoms with Gasteiger partial charge in [-0.05, 0) is 25.1 Å². The van der Waals surface area contributed by atoms with E-state index in [0.29, 0.717) is 18.0 Å². The van der Waals surface area contributed by atoms with E-state index in [1.54, 1.807) is 37.3 Å². The molecule has 3 N–H and O–H groups in total. The minimum Gasteiger partial charge on any atom is -0.463 e. The van der Waals surface area contributed by atoms with Crippen LogP contribution in [0.25, 0.3) is 0 Å². The lowest BCUT2D eigenvalue weighted by atomic mass is 10.3. The number of aromatic nitrogens is 1. The number of para-hydroxylation sites is 1. The van der Waals surface area contributed by atoms with Gasteiger partial charge >= 0.3 is 18.2 Å². The topological polar surface area (TPSA) is 95.6 Å². The van der Waals surface area contributed by atoms with Crippen LogP contribution >= 0.6 is 11.6 Å². The molecule has 0 atom stereocenters. The van der Waals surface area contributed by atoms with Gasteiger partial charge in [0.2, 0.25) is 0 Å². The fraction of sp³-hybridized carbons (Fsp3) is 0.211. The number of rotatable bonds is 7. The van der Waals surface area contributed by atoms with Gasteiger partial charge in [0.1, 0.15) is 5.82 Å². The average Bonchev–Trinajstić information content (AvgIpc) is 2.67. The summed E-state index contributed by atoms with van der Waals surface area (Å²) in [5.74, 6) is -0.966. The third kappa shape index (κ3) is 7.37. The van der Waals surface area contributed by atoms with Crippen LogP contribution in [0.15, 0.2) is 54.5 Å². The lowest BCUT2D eigenvalue weighted by molar-refractivity contribution is -0.138. The molecule has 0 aliphatic carbocycles. The van der Waals surface area contributed by atoms with Crippen LogP contribution in [0.5, 0.6) is 0 Å². The zero-order valence-corrected chi connectivity index (χ0v) is 17.2. The van der Waals surface area contributed by atoms with Crippen molar-refractivity contribution < 1.29 is 27.5 Å². The number of ether oxygens (including phenoxy) is 1. The predicted octanol–water partition coefficient (Wildman–Crippen LogP) is 3.92. The minimum atomic E-state index is -4.60. The Morgan fingerprint density at radius 3 is 2.52 bits per heavy atom. The molecule has 166 valence electrons. The number of anilines is 2. The van der Waals surface area contributed by atoms with E-state index in [9.17, 15) is 22.8 Å². The maximum absolute atomic E-state index is 12.8. The van der Waals surface area contributed by atoms with Crippen molar-refractivity contribution in [3.05, 3.63) is 65.1 Å². The molecule has 0 saturated heterocycles. The largest absolute Gasteiger partial charge is 0.463 e. The van der Waals surface area contributed by atoms with Crippen LogP contribution in [0.1, 0.15) is 12.5 Å². The summed E-state index contributed by atoms with van der Waals surface area (Å²) in [4.78, 5) is 27.8. The SMILES string of the molecule is CCOC(=O)/C=C(\NC(=O)Nc1ccccc1)NN(C)c1ncc(C(F)(F)F)cc1Cl. The van der Waals surface area contributed by atoms with Crippen molar-refractivity contribution in [2.75, 3.05) is 24.0 Å². The summed E-state index contributed by atoms with van der Waals surface area (Å²) in [6.45, 7) is 1.70. The van der Waals surface area contributed by atoms with Gasteiger partial charge in [0, 0.05) is 18.9 Å². The number of nitrogens with zero attached hydrogens (tertiary/aromatic N) is 2. The Morgan fingerprint density at radius 2 is 1.94 bits per heavy atom. The molecule has 0 aliphatic heterocycles. The Hall–Kier alpha value is -3.47. The maximum atomic E-state index is 12.8. The van der Waals surface area contributed by atoms with Crippen molar-refractivity contribution in [2.24, 2.45) is 0 Å². The van der Waals surface area contributed by atoms with E-state index in [-0.39, 0.29) is 23.3 Å². The van der Waals surface area contributed by atoms with Crippen LogP contribution in [-0.4, -0.2) is 30.6 Å². The van der Waals surface area contributed by atoms with Gasteiger partial charge in [-0.2, -0.15) is 13.2 Å². The zero-order chi connectivity index (χ0) is 23.0. The van der Waals surface area contributed by atoms with Crippen molar-refractivity contribution >= 4 is 35.1 Å². The smallest absolute Gasteiger partial charge is 0.417 e. The Bertz CT molecular complexity index is 955. The van der Waals surface area contributed by atoms with Crippen LogP contribution in [0, 0.1) is 0 Å². The van der Waals surface area contributed by atoms with Crippen LogP contribution < -0.4 is 21.1 Å². The first kappa shape index (κ1) is 23.8. The number of alkyl halides is 3. The molecule has 0 spiro atoms. The van der Waals surface area contributed by atoms with E-state index in [4.69, 9.17) is 16.3 Å². The Labute approximate surface area is 181 Å². The quantitative estimate of drug-likeness (QED) is 0.331. The van der Waals surface area contributed by atoms with Gasteiger partial charge in [0.25, 0.3) is 0 Å². The maximum Gasteiger partial charge on any atom is 0.417 e. The summed E-state index contributed by atoms with van der Waals surface area (Å²) in [7, 11) is 1.39. The third-order valence-electron chi connectivity index (χ3n) is 3.58. The molecule has 2 rings (SSSR count). The average molecular weight is 458 g/mol. The second-order valence-electron chi connectivity index (χ2n) is 5.95. The van der Waals surface area contributed by atoms with E-state index in [2.05, 4.69) is 21.0 Å². The highest BCUT2D eigenvalue weighted by Gasteiger charge is 2.32. The molecule has 0 radical (unpaired) electrons. The number of hydrogen-bond acceptors (Lipinski definition) is 6. The van der Waals surface area contributed by atoms with Crippen LogP contribution in [0.3, 0.4) is 0 Å². The highest BCUT2D eigenvalue weighted by Crippen LogP contribution is 2.32. The lowest BCUT2D eigenvalue weighted by Gasteiger charge is -2.24. The normalized spacial score (nSPS) is 11.5. The van der Waals surface area contributed by atoms with E-state index >= 15 is 0 Å². The molecule has 0 bridgehead atoms. The summed E-state index contributed by atoms with van der Waals surface area (Å²) < 4.78 is 43.2. The standard InChI is InChI=1S/C19H19ClF3N5O3/c1-3-31-16(29)10-15(26-18(30)25-13-7-5-4-6-8-13)27-28(2)17-14(20)9-12(11-24-17)19(21,22)23/h4-11,27H,3H2,1-2H3,(H2,25,26,30)/b15-10+. The number of amides is 2. The number of carbonyl (C=O) groups excluding carboxylic acids is 2. The minimum absolute atomic E-state index is 0.0744. The number of hydrazine groups is 1. The number of esters is 1. The second kappa shape index (κ2) is 10.5. The molecule has 8 nitrogen and oxygen atoms in total. The summed E-state index contributed by atoms with van der Waals surface area (Å²) in [5, 5.41) is 5.81. The molecule has 1 heterocycles. The molecule has 2 aromatic rings. The van der Waals surface area contributed by atoms with Gasteiger partial charge in [-0.25, -0.2) is 14.6 Å². The Morgan fingerprint density at radius 1 is 1.26 bits per heavy atom. The first-order chi connectivity index (χ1) is 14.6. The zero-order valence-electron chi connectivity index (χ0n) is 16.5. The van der Waals surface area contributed by atoms with Crippen LogP contribution in [0.4, 0.5) is 29.5 Å². The predicted molar refractivity (Wildman–Crippen MR) is 109 cm³/mol. The number of hydrogen-bond donors (Lipinski definition) is 3. The van der Waals surface area contributed by atoms with Gasteiger partial charge in [0.05, 0.1) is 23.3 Å². The van der Waals surface area contributed by atoms with Gasteiger partial charge in [0.15, 0.2) is 5.82 Å². The van der Waals surface area contributed by atoms with Crippen molar-refractivity contribution in [1.82, 2.24) is 15.7 Å². The molecule has 0 aliphatic rings. The number of halogens is 4. The molecule has 1 aromatic heterocycles. The molecule has 31 heavy (non-hydrogen) atoms. The number of pyridine rings is 1. The highest BCUT2D eigenvalue weighted by atomic mass is 35.5. The molecule has 2 amide bonds. The van der Waals surface area contributed by atoms with E-state index in [1.807, 2.05) is 0 Å². The summed E-state index contributed by atoms with van der Waals surface area (Å²) in [6, 6.07) is 8.54. The molecule has 0 saturated carbocycles. The Balaban J connectivity index is 2.18. The van der Waals surface area contributed by atoms with Gasteiger partial charge in [-0.15, -0.1) is 0 Å². The van der Waals surface area contributed by atoms with Crippen molar-refractivity contribution in [2.45, 2.75) is 13.1 Å². The van der Waals surface area contributed by atoms with Crippen molar-refractivity contribution in [1.29, 1.82) is 0 Å². The summed E-state index contributed by atoms with van der Waals surface area (Å²) in [6.07, 6.45) is -3.03. The Kier molecular flexibility index (Phi) is 8.08. The fourth-order valence-corrected chi connectivity index (χ4v) is 2.56. The monoisotopic (exact) mass is 457 g/mol. The van der Waals surface area contributed by atoms with Crippen LogP contribution in [0.2, 0.25) is 5.02 Å². The summed E-state index contributed by atoms with van der Waals surface area (Å²) in [5.41, 5.74) is 2.11. The molecule has 0 unspecified atom stereocenters. The fourth-order valence-electron chi connectivity index (χ4n) is 2.27.